The fraction of sp³-hybridized carbons (Fsp3) is 0.429. The Hall–Kier alpha value is -2.24. The molecule has 2 rings (SSSR count). The second-order valence-corrected chi connectivity index (χ2v) is 4.29. The van der Waals surface area contributed by atoms with E-state index in [2.05, 4.69) is 30.7 Å². The van der Waals surface area contributed by atoms with Crippen LogP contribution in [0.2, 0.25) is 0 Å². The second-order valence-electron chi connectivity index (χ2n) is 4.29. The first kappa shape index (κ1) is 11.8. The van der Waals surface area contributed by atoms with Crippen molar-refractivity contribution >= 4 is 5.78 Å². The molecule has 0 heterocycles. The molecule has 1 unspecified atom stereocenters. The molecule has 0 N–H and O–H groups in total. The zero-order valence-corrected chi connectivity index (χ0v) is 11.8. The predicted octanol–water partition coefficient (Wildman–Crippen LogP) is 3.17. The van der Waals surface area contributed by atoms with E-state index in [4.69, 9.17) is 0 Å². The van der Waals surface area contributed by atoms with Crippen molar-refractivity contribution in [3.05, 3.63) is 41.8 Å². The van der Waals surface area contributed by atoms with Crippen molar-refractivity contribution in [2.24, 2.45) is 5.92 Å². The van der Waals surface area contributed by atoms with E-state index in [0.717, 1.165) is 25.7 Å². The molecule has 0 aliphatic heterocycles. The van der Waals surface area contributed by atoms with Crippen molar-refractivity contribution in [1.29, 1.82) is 0 Å². The van der Waals surface area contributed by atoms with Gasteiger partial charge in [-0.15, -0.1) is 12.1 Å². The molecule has 93 valence electrons. The van der Waals surface area contributed by atoms with Gasteiger partial charge in [0.15, 0.2) is 0 Å². The van der Waals surface area contributed by atoms with E-state index in [1.54, 1.807) is 0 Å². The number of carbonyl (C=O) groups is 1. The van der Waals surface area contributed by atoms with E-state index < -0.39 is 0 Å². The molecule has 1 aliphatic rings. The third-order valence-corrected chi connectivity index (χ3v) is 3.23. The number of rotatable bonds is 3. The smallest absolute Gasteiger partial charge is 0.136 e. The Labute approximate surface area is 91.5 Å². The van der Waals surface area contributed by atoms with E-state index in [9.17, 15) is 4.79 Å². The van der Waals surface area contributed by atoms with Crippen molar-refractivity contribution < 1.29 is 4.79 Å². The molecule has 0 saturated heterocycles. The average Bonchev–Trinajstić information content (AvgIpc) is 2.66. The van der Waals surface area contributed by atoms with Crippen LogP contribution >= 0.6 is 0 Å². The molecule has 1 atom stereocenters. The first-order valence-corrected chi connectivity index (χ1v) is 5.70. The first-order chi connectivity index (χ1) is 7.29. The number of hydrogen-bond donors (Lipinski definition) is 0. The predicted molar refractivity (Wildman–Crippen MR) is 61.6 cm³/mol. The van der Waals surface area contributed by atoms with Gasteiger partial charge in [0.25, 0.3) is 0 Å². The molecule has 1 nitrogen and oxygen atoms in total. The summed E-state index contributed by atoms with van der Waals surface area (Å²) in [7, 11) is 0. The van der Waals surface area contributed by atoms with Crippen molar-refractivity contribution in [2.45, 2.75) is 32.6 Å². The molecule has 1 radical (unpaired) electrons. The van der Waals surface area contributed by atoms with E-state index >= 15 is 0 Å². The Kier molecular flexibility index (Phi) is 3.71. The molecule has 0 aromatic heterocycles. The van der Waals surface area contributed by atoms with Gasteiger partial charge in [-0.1, -0.05) is 12.5 Å². The van der Waals surface area contributed by atoms with Gasteiger partial charge in [-0.05, 0) is 19.3 Å². The summed E-state index contributed by atoms with van der Waals surface area (Å²) in [5, 5.41) is 0. The minimum Gasteiger partial charge on any atom is -0.299 e. The van der Waals surface area contributed by atoms with Crippen molar-refractivity contribution in [2.75, 3.05) is 0 Å². The number of hydrogen-bond acceptors (Lipinski definition) is 1. The van der Waals surface area contributed by atoms with Gasteiger partial charge in [0, 0.05) is 12.3 Å². The number of benzene rings is 1. The van der Waals surface area contributed by atoms with E-state index in [1.807, 2.05) is 6.92 Å². The molecule has 1 fully saturated rings. The minimum atomic E-state index is 0. The average molecular weight is 459 g/mol. The van der Waals surface area contributed by atoms with Crippen LogP contribution in [-0.2, 0) is 11.2 Å². The molecule has 1 saturated carbocycles. The van der Waals surface area contributed by atoms with Crippen LogP contribution in [-0.4, -0.2) is 5.78 Å². The molecule has 1 aromatic rings. The van der Waals surface area contributed by atoms with Crippen LogP contribution in [0.15, 0.2) is 24.3 Å². The van der Waals surface area contributed by atoms with E-state index in [-0.39, 0.29) is 0 Å². The Bertz CT molecular complexity index is 342. The maximum absolute atomic E-state index is 11.5. The number of ketones is 1. The van der Waals surface area contributed by atoms with Crippen LogP contribution in [0, 0.1) is 12.3 Å². The minimum absolute atomic E-state index is 0. The molecule has 16 heavy (non-hydrogen) atoms. The molecular formula is C14H17MdO-. The van der Waals surface area contributed by atoms with Crippen LogP contribution < -0.4 is 0 Å². The van der Waals surface area contributed by atoms with Gasteiger partial charge in [0.05, 0.1) is 0 Å². The third kappa shape index (κ3) is 2.41. The van der Waals surface area contributed by atoms with Gasteiger partial charge < -0.3 is 0 Å². The van der Waals surface area contributed by atoms with Crippen LogP contribution in [0.5, 0.6) is 0 Å². The van der Waals surface area contributed by atoms with Gasteiger partial charge in [0.1, 0.15) is 5.78 Å². The largest absolute Gasteiger partial charge is 0.299 e. The maximum atomic E-state index is 11.5. The Morgan fingerprint density at radius 3 is 2.50 bits per heavy atom. The van der Waals surface area contributed by atoms with E-state index in [1.165, 1.54) is 11.1 Å². The Morgan fingerprint density at radius 1 is 1.31 bits per heavy atom. The summed E-state index contributed by atoms with van der Waals surface area (Å²) in [5.74, 6) is 0.752. The van der Waals surface area contributed by atoms with Gasteiger partial charge in [-0.2, -0.15) is 24.1 Å². The normalized spacial score (nSPS) is 19.3. The summed E-state index contributed by atoms with van der Waals surface area (Å²) in [5.41, 5.74) is 2.54. The molecule has 1 aliphatic carbocycles. The summed E-state index contributed by atoms with van der Waals surface area (Å²) in [6, 6.07) is 8.52. The fourth-order valence-electron chi connectivity index (χ4n) is 2.23. The zero-order chi connectivity index (χ0) is 10.7. The molecule has 0 bridgehead atoms. The summed E-state index contributed by atoms with van der Waals surface area (Å²) in [6.07, 6.45) is 5.99. The molecule has 2 heteroatoms. The van der Waals surface area contributed by atoms with Gasteiger partial charge >= 0.3 is 0 Å². The maximum Gasteiger partial charge on any atom is 0.136 e. The fourth-order valence-corrected chi connectivity index (χ4v) is 2.23. The van der Waals surface area contributed by atoms with Gasteiger partial charge in [-0.3, -0.25) is 4.79 Å². The number of Topliss-reactive ketones (excluding diaryl/α,β-unsaturated/α-hetero) is 1. The van der Waals surface area contributed by atoms with Gasteiger partial charge in [0.2, 0.25) is 0 Å². The standard InChI is InChI=1S/C14H17O.Md/c1-2-11-6-8-12(9-7-11)10-13-4-3-5-14(13)15;/h2,6-9,13H,3-5,10H2,1H3;/q-1;. The van der Waals surface area contributed by atoms with Crippen LogP contribution in [0.25, 0.3) is 0 Å². The summed E-state index contributed by atoms with van der Waals surface area (Å²) < 4.78 is 0. The summed E-state index contributed by atoms with van der Waals surface area (Å²) >= 11 is 0. The topological polar surface area (TPSA) is 17.1 Å². The summed E-state index contributed by atoms with van der Waals surface area (Å²) in [6.45, 7) is 2.04. The monoisotopic (exact) mass is 459 g/mol. The molecular weight excluding hydrogens is 442 g/mol. The molecule has 1 aromatic carbocycles. The number of carbonyl (C=O) groups excluding carboxylic acids is 1. The summed E-state index contributed by atoms with van der Waals surface area (Å²) in [4.78, 5) is 11.5. The quantitative estimate of drug-likeness (QED) is 0.635. The Balaban J connectivity index is 0.00000128. The van der Waals surface area contributed by atoms with Crippen LogP contribution in [0.3, 0.4) is 0 Å². The SMILES string of the molecule is C[CH-]c1ccc(CC2CCCC2=O)cc1.[Md]. The first-order valence-electron chi connectivity index (χ1n) is 5.70. The van der Waals surface area contributed by atoms with Gasteiger partial charge in [-0.25, -0.2) is 0 Å². The van der Waals surface area contributed by atoms with Crippen molar-refractivity contribution in [3.8, 4) is 0 Å². The molecule has 0 spiro atoms. The van der Waals surface area contributed by atoms with Crippen molar-refractivity contribution in [1.82, 2.24) is 0 Å². The van der Waals surface area contributed by atoms with E-state index in [0.29, 0.717) is 11.7 Å². The van der Waals surface area contributed by atoms with Crippen LogP contribution in [0.4, 0.5) is 0 Å². The van der Waals surface area contributed by atoms with Crippen LogP contribution in [0.1, 0.15) is 37.3 Å². The molecule has 0 amide bonds. The van der Waals surface area contributed by atoms with Crippen molar-refractivity contribution in [3.63, 3.8) is 0 Å². The zero-order valence-electron chi connectivity index (χ0n) is 9.48. The second kappa shape index (κ2) is 5.01. The Morgan fingerprint density at radius 2 is 2.00 bits per heavy atom. The third-order valence-electron chi connectivity index (χ3n) is 3.23.